The van der Waals surface area contributed by atoms with Gasteiger partial charge in [0.15, 0.2) is 0 Å². The SMILES string of the molecule is [CH-]=O.[CH-]=O.[Ni].[Ni].c1cc[cH-]c1.c1cc[cH-]c1. The maximum atomic E-state index is 7.75. The van der Waals surface area contributed by atoms with Gasteiger partial charge in [-0.15, -0.1) is 0 Å². The van der Waals surface area contributed by atoms with Crippen molar-refractivity contribution < 1.29 is 42.6 Å². The summed E-state index contributed by atoms with van der Waals surface area (Å²) in [5.74, 6) is 0. The topological polar surface area (TPSA) is 34.1 Å². The van der Waals surface area contributed by atoms with Crippen molar-refractivity contribution in [2.45, 2.75) is 0 Å². The molecular formula is C12H12Ni2O2-4. The van der Waals surface area contributed by atoms with Gasteiger partial charge in [-0.2, -0.15) is 36.4 Å². The van der Waals surface area contributed by atoms with Crippen LogP contribution in [0.25, 0.3) is 0 Å². The van der Waals surface area contributed by atoms with E-state index in [9.17, 15) is 0 Å². The Morgan fingerprint density at radius 1 is 0.562 bits per heavy atom. The Balaban J connectivity index is -0.0000000631. The molecular weight excluding hydrogens is 294 g/mol. The zero-order valence-corrected chi connectivity index (χ0v) is 10.4. The van der Waals surface area contributed by atoms with Crippen LogP contribution in [0.5, 0.6) is 0 Å². The standard InChI is InChI=1S/2C5H5.2CHO.2Ni/c2*1-2-4-5-3-1;2*1-2;;/h2*1-5H;2*1H;;/q4*-1;;. The van der Waals surface area contributed by atoms with E-state index in [0.717, 1.165) is 0 Å². The first-order valence-electron chi connectivity index (χ1n) is 3.80. The van der Waals surface area contributed by atoms with Gasteiger partial charge in [-0.1, -0.05) is 0 Å². The molecule has 0 N–H and O–H groups in total. The molecule has 0 aliphatic carbocycles. The average molecular weight is 306 g/mol. The van der Waals surface area contributed by atoms with Crippen molar-refractivity contribution in [2.75, 3.05) is 0 Å². The van der Waals surface area contributed by atoms with Crippen LogP contribution in [0.1, 0.15) is 0 Å². The van der Waals surface area contributed by atoms with Gasteiger partial charge < -0.3 is 9.59 Å². The molecule has 0 saturated carbocycles. The summed E-state index contributed by atoms with van der Waals surface area (Å²) < 4.78 is 0. The van der Waals surface area contributed by atoms with Crippen molar-refractivity contribution in [3.05, 3.63) is 60.7 Å². The van der Waals surface area contributed by atoms with Gasteiger partial charge in [0.1, 0.15) is 0 Å². The van der Waals surface area contributed by atoms with Crippen LogP contribution < -0.4 is 0 Å². The summed E-state index contributed by atoms with van der Waals surface area (Å²) >= 11 is 0. The van der Waals surface area contributed by atoms with E-state index < -0.39 is 0 Å². The minimum atomic E-state index is 0. The van der Waals surface area contributed by atoms with Gasteiger partial charge in [0, 0.05) is 33.0 Å². The Kier molecular flexibility index (Phi) is 44.4. The third-order valence-electron chi connectivity index (χ3n) is 1.11. The number of hydrogen-bond donors (Lipinski definition) is 0. The molecule has 0 heterocycles. The number of carbonyl (C=O) groups excluding carboxylic acids is 2. The minimum Gasteiger partial charge on any atom is -0.545 e. The predicted molar refractivity (Wildman–Crippen MR) is 57.6 cm³/mol. The molecule has 0 atom stereocenters. The van der Waals surface area contributed by atoms with E-state index in [4.69, 9.17) is 9.59 Å². The summed E-state index contributed by atoms with van der Waals surface area (Å²) in [6, 6.07) is 20.0. The fraction of sp³-hybridized carbons (Fsp3) is 0. The molecule has 0 aliphatic rings. The fourth-order valence-electron chi connectivity index (χ4n) is 0.642. The van der Waals surface area contributed by atoms with Crippen LogP contribution in [0.3, 0.4) is 0 Å². The van der Waals surface area contributed by atoms with Gasteiger partial charge in [-0.05, 0) is 0 Å². The molecule has 0 radical (unpaired) electrons. The van der Waals surface area contributed by atoms with Gasteiger partial charge in [0.2, 0.25) is 0 Å². The summed E-state index contributed by atoms with van der Waals surface area (Å²) in [5, 5.41) is 0. The van der Waals surface area contributed by atoms with E-state index >= 15 is 0 Å². The van der Waals surface area contributed by atoms with Gasteiger partial charge >= 0.3 is 0 Å². The van der Waals surface area contributed by atoms with E-state index in [1.165, 1.54) is 0 Å². The summed E-state index contributed by atoms with van der Waals surface area (Å²) in [6.07, 6.45) is 0. The number of hydrogen-bond acceptors (Lipinski definition) is 2. The molecule has 0 spiro atoms. The van der Waals surface area contributed by atoms with Gasteiger partial charge in [0.05, 0.1) is 0 Å². The largest absolute Gasteiger partial charge is 0.545 e. The fourth-order valence-corrected chi connectivity index (χ4v) is 0.642. The summed E-state index contributed by atoms with van der Waals surface area (Å²) in [7, 11) is 0. The van der Waals surface area contributed by atoms with E-state index in [-0.39, 0.29) is 33.0 Å². The van der Waals surface area contributed by atoms with E-state index in [2.05, 4.69) is 13.6 Å². The third-order valence-corrected chi connectivity index (χ3v) is 1.11. The average Bonchev–Trinajstić information content (AvgIpc) is 3.01. The molecule has 96 valence electrons. The minimum absolute atomic E-state index is 0. The second-order valence-electron chi connectivity index (χ2n) is 1.92. The Morgan fingerprint density at radius 3 is 0.812 bits per heavy atom. The smallest absolute Gasteiger partial charge is 0 e. The second kappa shape index (κ2) is 29.2. The first-order chi connectivity index (χ1) is 7.00. The molecule has 0 saturated heterocycles. The molecule has 2 aromatic rings. The van der Waals surface area contributed by atoms with E-state index in [1.807, 2.05) is 60.7 Å². The van der Waals surface area contributed by atoms with Gasteiger partial charge in [-0.25, -0.2) is 24.3 Å². The molecule has 4 heteroatoms. The van der Waals surface area contributed by atoms with E-state index in [0.29, 0.717) is 0 Å². The molecule has 0 fully saturated rings. The molecule has 16 heavy (non-hydrogen) atoms. The Hall–Kier alpha value is -0.973. The third kappa shape index (κ3) is 23.1. The van der Waals surface area contributed by atoms with Crippen molar-refractivity contribution in [1.29, 1.82) is 0 Å². The predicted octanol–water partition coefficient (Wildman–Crippen LogP) is 2.26. The Morgan fingerprint density at radius 2 is 0.750 bits per heavy atom. The Labute approximate surface area is 117 Å². The molecule has 0 amide bonds. The quantitative estimate of drug-likeness (QED) is 0.425. The van der Waals surface area contributed by atoms with Crippen LogP contribution in [0, 0.1) is 0 Å². The second-order valence-corrected chi connectivity index (χ2v) is 1.92. The van der Waals surface area contributed by atoms with Crippen LogP contribution >= 0.6 is 0 Å². The molecule has 0 aromatic heterocycles. The molecule has 2 aromatic carbocycles. The summed E-state index contributed by atoms with van der Waals surface area (Å²) in [4.78, 5) is 15.5. The van der Waals surface area contributed by atoms with Crippen molar-refractivity contribution in [3.8, 4) is 0 Å². The first-order valence-corrected chi connectivity index (χ1v) is 3.80. The maximum Gasteiger partial charge on any atom is 0 e. The number of rotatable bonds is 0. The molecule has 0 unspecified atom stereocenters. The molecule has 2 nitrogen and oxygen atoms in total. The first kappa shape index (κ1) is 24.3. The Bertz CT molecular complexity index is 179. The van der Waals surface area contributed by atoms with Crippen molar-refractivity contribution in [2.24, 2.45) is 0 Å². The van der Waals surface area contributed by atoms with Crippen molar-refractivity contribution in [1.82, 2.24) is 0 Å². The van der Waals surface area contributed by atoms with Gasteiger partial charge in [0.25, 0.3) is 0 Å². The van der Waals surface area contributed by atoms with Crippen LogP contribution in [-0.4, -0.2) is 13.6 Å². The zero-order valence-electron chi connectivity index (χ0n) is 8.38. The van der Waals surface area contributed by atoms with Crippen LogP contribution in [-0.2, 0) is 42.6 Å². The van der Waals surface area contributed by atoms with Crippen molar-refractivity contribution in [3.63, 3.8) is 0 Å². The van der Waals surface area contributed by atoms with Crippen molar-refractivity contribution >= 4 is 13.6 Å². The summed E-state index contributed by atoms with van der Waals surface area (Å²) in [6.45, 7) is 6.50. The summed E-state index contributed by atoms with van der Waals surface area (Å²) in [5.41, 5.74) is 0. The normalized spacial score (nSPS) is 5.50. The van der Waals surface area contributed by atoms with Crippen LogP contribution in [0.15, 0.2) is 60.7 Å². The van der Waals surface area contributed by atoms with E-state index in [1.54, 1.807) is 0 Å². The maximum absolute atomic E-state index is 7.75. The zero-order chi connectivity index (χ0) is 11.1. The van der Waals surface area contributed by atoms with Crippen LogP contribution in [0.2, 0.25) is 0 Å². The molecule has 2 rings (SSSR count). The molecule has 0 bridgehead atoms. The molecule has 0 aliphatic heterocycles. The monoisotopic (exact) mass is 304 g/mol. The van der Waals surface area contributed by atoms with Crippen LogP contribution in [0.4, 0.5) is 0 Å². The van der Waals surface area contributed by atoms with Gasteiger partial charge in [-0.3, -0.25) is 13.6 Å².